The minimum Gasteiger partial charge on any atom is -0.497 e. The van der Waals surface area contributed by atoms with Gasteiger partial charge in [0.25, 0.3) is 0 Å². The summed E-state index contributed by atoms with van der Waals surface area (Å²) < 4.78 is 10.8. The number of esters is 1. The summed E-state index contributed by atoms with van der Waals surface area (Å²) >= 11 is 0. The molecule has 38 heavy (non-hydrogen) atoms. The molecule has 1 heterocycles. The lowest BCUT2D eigenvalue weighted by atomic mass is 9.55. The van der Waals surface area contributed by atoms with Gasteiger partial charge < -0.3 is 9.47 Å². The van der Waals surface area contributed by atoms with E-state index in [-0.39, 0.29) is 29.4 Å². The number of ether oxygens (including phenoxy) is 2. The molecule has 1 fully saturated rings. The van der Waals surface area contributed by atoms with Gasteiger partial charge in [-0.25, -0.2) is 9.69 Å². The summed E-state index contributed by atoms with van der Waals surface area (Å²) in [6.07, 6.45) is 0. The minimum atomic E-state index is -0.558. The Balaban J connectivity index is 1.24. The third kappa shape index (κ3) is 3.16. The van der Waals surface area contributed by atoms with Crippen molar-refractivity contribution < 1.29 is 23.9 Å². The first-order chi connectivity index (χ1) is 18.6. The lowest BCUT2D eigenvalue weighted by molar-refractivity contribution is -0.122. The molecule has 2 atom stereocenters. The van der Waals surface area contributed by atoms with Crippen molar-refractivity contribution in [2.45, 2.75) is 11.8 Å². The molecule has 0 spiro atoms. The fraction of sp³-hybridized carbons (Fsp3) is 0.156. The molecule has 2 bridgehead atoms. The number of carbonyl (C=O) groups is 3. The van der Waals surface area contributed by atoms with E-state index in [1.165, 1.54) is 12.0 Å². The van der Waals surface area contributed by atoms with Gasteiger partial charge in [0.15, 0.2) is 0 Å². The van der Waals surface area contributed by atoms with E-state index in [1.807, 2.05) is 24.3 Å². The van der Waals surface area contributed by atoms with Crippen LogP contribution in [0.25, 0.3) is 0 Å². The van der Waals surface area contributed by atoms with E-state index in [2.05, 4.69) is 24.3 Å². The monoisotopic (exact) mass is 501 g/mol. The van der Waals surface area contributed by atoms with Crippen LogP contribution in [0.2, 0.25) is 0 Å². The Hall–Kier alpha value is -4.71. The number of imide groups is 1. The Labute approximate surface area is 219 Å². The highest BCUT2D eigenvalue weighted by molar-refractivity contribution is 6.23. The van der Waals surface area contributed by atoms with Crippen LogP contribution in [0.4, 0.5) is 5.69 Å². The van der Waals surface area contributed by atoms with Crippen molar-refractivity contribution in [3.63, 3.8) is 0 Å². The van der Waals surface area contributed by atoms with Gasteiger partial charge in [-0.05, 0) is 52.6 Å². The number of amides is 2. The lowest BCUT2D eigenvalue weighted by Gasteiger charge is -2.45. The van der Waals surface area contributed by atoms with Crippen LogP contribution in [0, 0.1) is 11.8 Å². The number of benzene rings is 4. The van der Waals surface area contributed by atoms with E-state index in [4.69, 9.17) is 9.47 Å². The summed E-state index contributed by atoms with van der Waals surface area (Å²) in [5.41, 5.74) is 5.24. The van der Waals surface area contributed by atoms with Crippen molar-refractivity contribution in [2.24, 2.45) is 11.8 Å². The molecular formula is C32H23NO5. The van der Waals surface area contributed by atoms with Crippen LogP contribution in [0.5, 0.6) is 11.5 Å². The van der Waals surface area contributed by atoms with Gasteiger partial charge in [-0.2, -0.15) is 0 Å². The Morgan fingerprint density at radius 3 is 1.74 bits per heavy atom. The van der Waals surface area contributed by atoms with Crippen molar-refractivity contribution in [2.75, 3.05) is 12.0 Å². The number of hydrogen-bond acceptors (Lipinski definition) is 5. The molecule has 4 aromatic carbocycles. The highest BCUT2D eigenvalue weighted by atomic mass is 16.5. The molecule has 0 N–H and O–H groups in total. The lowest BCUT2D eigenvalue weighted by Crippen LogP contribution is -2.41. The van der Waals surface area contributed by atoms with Gasteiger partial charge in [0.2, 0.25) is 11.8 Å². The van der Waals surface area contributed by atoms with Crippen LogP contribution in [0.15, 0.2) is 97.1 Å². The van der Waals surface area contributed by atoms with Crippen molar-refractivity contribution >= 4 is 23.5 Å². The molecule has 1 saturated heterocycles. The van der Waals surface area contributed by atoms with Crippen LogP contribution in [-0.2, 0) is 9.59 Å². The van der Waals surface area contributed by atoms with Gasteiger partial charge in [-0.15, -0.1) is 0 Å². The molecule has 1 aliphatic heterocycles. The maximum absolute atomic E-state index is 14.0. The molecule has 0 unspecified atom stereocenters. The van der Waals surface area contributed by atoms with Gasteiger partial charge in [0.1, 0.15) is 11.5 Å². The number of carbonyl (C=O) groups excluding carboxylic acids is 3. The summed E-state index contributed by atoms with van der Waals surface area (Å²) in [5, 5.41) is 0. The van der Waals surface area contributed by atoms with Crippen LogP contribution in [-0.4, -0.2) is 24.9 Å². The molecule has 0 aromatic heterocycles. The summed E-state index contributed by atoms with van der Waals surface area (Å²) in [7, 11) is 1.53. The zero-order valence-electron chi connectivity index (χ0n) is 20.5. The topological polar surface area (TPSA) is 72.9 Å². The molecule has 6 heteroatoms. The third-order valence-electron chi connectivity index (χ3n) is 8.04. The fourth-order valence-electron chi connectivity index (χ4n) is 6.53. The largest absolute Gasteiger partial charge is 0.497 e. The normalized spacial score (nSPS) is 22.5. The van der Waals surface area contributed by atoms with Gasteiger partial charge in [-0.1, -0.05) is 60.7 Å². The predicted octanol–water partition coefficient (Wildman–Crippen LogP) is 5.31. The Morgan fingerprint density at radius 2 is 1.18 bits per heavy atom. The summed E-state index contributed by atoms with van der Waals surface area (Å²) in [5.74, 6) is -1.48. The van der Waals surface area contributed by atoms with E-state index < -0.39 is 17.8 Å². The zero-order chi connectivity index (χ0) is 26.0. The van der Waals surface area contributed by atoms with E-state index in [0.29, 0.717) is 17.0 Å². The minimum absolute atomic E-state index is 0.173. The number of methoxy groups -OCH3 is 1. The second kappa shape index (κ2) is 8.42. The van der Waals surface area contributed by atoms with Crippen molar-refractivity contribution in [3.05, 3.63) is 125 Å². The number of anilines is 1. The second-order valence-corrected chi connectivity index (χ2v) is 9.90. The molecular weight excluding hydrogens is 478 g/mol. The van der Waals surface area contributed by atoms with E-state index in [1.54, 1.807) is 48.5 Å². The molecule has 6 nitrogen and oxygen atoms in total. The first-order valence-electron chi connectivity index (χ1n) is 12.6. The van der Waals surface area contributed by atoms with E-state index in [9.17, 15) is 14.4 Å². The molecule has 2 amide bonds. The van der Waals surface area contributed by atoms with Crippen molar-refractivity contribution in [1.29, 1.82) is 0 Å². The molecule has 4 aliphatic rings. The maximum Gasteiger partial charge on any atom is 0.343 e. The summed E-state index contributed by atoms with van der Waals surface area (Å²) in [6, 6.07) is 29.6. The number of nitrogens with zero attached hydrogens (tertiary/aromatic N) is 1. The smallest absolute Gasteiger partial charge is 0.343 e. The second-order valence-electron chi connectivity index (χ2n) is 9.90. The molecule has 0 saturated carbocycles. The van der Waals surface area contributed by atoms with Crippen LogP contribution in [0.1, 0.15) is 44.4 Å². The Bertz CT molecular complexity index is 1530. The SMILES string of the molecule is COc1cccc(C(=O)Oc2cccc(N3C(=O)[C@@H]4C5c6ccccc6C(c6ccccc65)[C@H]4C3=O)c2)c1. The highest BCUT2D eigenvalue weighted by Crippen LogP contribution is 2.61. The molecule has 8 rings (SSSR count). The fourth-order valence-corrected chi connectivity index (χ4v) is 6.53. The maximum atomic E-state index is 14.0. The molecule has 0 radical (unpaired) electrons. The van der Waals surface area contributed by atoms with Gasteiger partial charge >= 0.3 is 5.97 Å². The first kappa shape index (κ1) is 22.5. The number of hydrogen-bond donors (Lipinski definition) is 0. The third-order valence-corrected chi connectivity index (χ3v) is 8.04. The standard InChI is InChI=1S/C32H23NO5/c1-37-20-10-6-8-18(16-20)32(36)38-21-11-7-9-19(17-21)33-30(34)28-26-22-12-2-3-13-23(22)27(29(28)31(33)35)25-15-5-4-14-24(25)26/h2-17,26-29H,1H3/t26?,27?,28-,29-/m1/s1. The summed E-state index contributed by atoms with van der Waals surface area (Å²) in [6.45, 7) is 0. The molecule has 186 valence electrons. The van der Waals surface area contributed by atoms with Crippen LogP contribution < -0.4 is 14.4 Å². The average Bonchev–Trinajstić information content (AvgIpc) is 3.23. The Morgan fingerprint density at radius 1 is 0.658 bits per heavy atom. The summed E-state index contributed by atoms with van der Waals surface area (Å²) in [4.78, 5) is 42.0. The first-order valence-corrected chi connectivity index (χ1v) is 12.6. The molecule has 3 aliphatic carbocycles. The van der Waals surface area contributed by atoms with Crippen LogP contribution in [0.3, 0.4) is 0 Å². The quantitative estimate of drug-likeness (QED) is 0.215. The van der Waals surface area contributed by atoms with E-state index >= 15 is 0 Å². The van der Waals surface area contributed by atoms with Gasteiger partial charge in [0.05, 0.1) is 30.2 Å². The highest BCUT2D eigenvalue weighted by Gasteiger charge is 2.61. The van der Waals surface area contributed by atoms with Gasteiger partial charge in [0, 0.05) is 17.9 Å². The van der Waals surface area contributed by atoms with Gasteiger partial charge in [-0.3, -0.25) is 9.59 Å². The van der Waals surface area contributed by atoms with Crippen molar-refractivity contribution in [3.8, 4) is 11.5 Å². The molecule has 4 aromatic rings. The van der Waals surface area contributed by atoms with Crippen LogP contribution >= 0.6 is 0 Å². The number of rotatable bonds is 4. The average molecular weight is 502 g/mol. The Kier molecular flexibility index (Phi) is 4.98. The van der Waals surface area contributed by atoms with E-state index in [0.717, 1.165) is 22.3 Å². The van der Waals surface area contributed by atoms with Crippen molar-refractivity contribution in [1.82, 2.24) is 0 Å². The zero-order valence-corrected chi connectivity index (χ0v) is 20.5. The predicted molar refractivity (Wildman–Crippen MR) is 140 cm³/mol.